The maximum Gasteiger partial charge on any atom is -0.000101 e. The molecule has 0 rings (SSSR count). The van der Waals surface area contributed by atoms with Crippen LogP contribution >= 0.6 is 0 Å². The van der Waals surface area contributed by atoms with Gasteiger partial charge in [-0.3, -0.25) is 5.92 Å². The Hall–Kier alpha value is -2.20. The Morgan fingerprint density at radius 1 is 0.800 bits per heavy atom. The van der Waals surface area contributed by atoms with Crippen molar-refractivity contribution in [2.75, 3.05) is 0 Å². The van der Waals surface area contributed by atoms with Gasteiger partial charge in [-0.2, -0.15) is 0 Å². The van der Waals surface area contributed by atoms with Crippen molar-refractivity contribution in [2.24, 2.45) is 0 Å². The molecule has 0 radical (unpaired) electrons. The summed E-state index contributed by atoms with van der Waals surface area (Å²) in [6.07, 6.45) is 11.2. The van der Waals surface area contributed by atoms with Gasteiger partial charge in [-0.1, -0.05) is 0 Å². The van der Waals surface area contributed by atoms with Gasteiger partial charge in [-0.25, -0.2) is 5.92 Å². The van der Waals surface area contributed by atoms with Crippen LogP contribution in [-0.4, -0.2) is 0 Å². The van der Waals surface area contributed by atoms with Crippen LogP contribution < -0.4 is 0 Å². The lowest BCUT2D eigenvalue weighted by atomic mass is 10.5. The van der Waals surface area contributed by atoms with Crippen LogP contribution in [0.25, 0.3) is 0 Å². The molecule has 0 saturated heterocycles. The fourth-order valence-corrected chi connectivity index (χ4v) is 0.192. The van der Waals surface area contributed by atoms with E-state index < -0.39 is 0 Å². The Morgan fingerprint density at radius 3 is 1.80 bits per heavy atom. The summed E-state index contributed by atoms with van der Waals surface area (Å²) in [5.41, 5.74) is 0. The predicted molar refractivity (Wildman–Crippen MR) is 39.3 cm³/mol. The van der Waals surface area contributed by atoms with Gasteiger partial charge in [0.15, 0.2) is 0 Å². The van der Waals surface area contributed by atoms with Gasteiger partial charge in [0.1, 0.15) is 0 Å². The molecular weight excluding hydrogens is 120 g/mol. The smallest absolute Gasteiger partial charge is 0.000101 e. The first-order valence-electron chi connectivity index (χ1n) is 2.29. The Bertz CT molecular complexity index is 314. The van der Waals surface area contributed by atoms with E-state index in [-0.39, 0.29) is 0 Å². The minimum atomic E-state index is 1.86. The molecule has 0 atom stereocenters. The summed E-state index contributed by atoms with van der Waals surface area (Å²) in [5.74, 6) is 17.8. The highest BCUT2D eigenvalue weighted by Crippen LogP contribution is 1.52. The minimum Gasteiger partial charge on any atom is -0.358 e. The Labute approximate surface area is 61.0 Å². The van der Waals surface area contributed by atoms with Crippen molar-refractivity contribution in [2.45, 2.75) is 0 Å². The molecule has 0 amide bonds. The van der Waals surface area contributed by atoms with Crippen LogP contribution in [0.4, 0.5) is 0 Å². The summed E-state index contributed by atoms with van der Waals surface area (Å²) in [6, 6.07) is 0. The third-order valence-electron chi connectivity index (χ3n) is 0.447. The molecule has 0 saturated carbocycles. The summed E-state index contributed by atoms with van der Waals surface area (Å²) in [5, 5.41) is 0. The van der Waals surface area contributed by atoms with Crippen molar-refractivity contribution in [3.63, 3.8) is 0 Å². The SMILES string of the molecule is [C-]#CC#CC#CC#CC#C. The lowest BCUT2D eigenvalue weighted by molar-refractivity contribution is 2.36. The quantitative estimate of drug-likeness (QED) is 0.317. The van der Waals surface area contributed by atoms with Gasteiger partial charge in [0.2, 0.25) is 0 Å². The lowest BCUT2D eigenvalue weighted by Crippen LogP contribution is -1.51. The van der Waals surface area contributed by atoms with Crippen molar-refractivity contribution in [1.29, 1.82) is 0 Å². The second-order valence-corrected chi connectivity index (χ2v) is 1.02. The van der Waals surface area contributed by atoms with Gasteiger partial charge in [0.05, 0.1) is 0 Å². The van der Waals surface area contributed by atoms with Crippen molar-refractivity contribution in [3.05, 3.63) is 6.42 Å². The summed E-state index contributed by atoms with van der Waals surface area (Å²) in [4.78, 5) is 0. The molecule has 0 aliphatic heterocycles. The van der Waals surface area contributed by atoms with Gasteiger partial charge in [-0.15, -0.1) is 12.3 Å². The summed E-state index contributed by atoms with van der Waals surface area (Å²) in [7, 11) is 0. The van der Waals surface area contributed by atoms with Crippen LogP contribution in [0.5, 0.6) is 0 Å². The van der Waals surface area contributed by atoms with E-state index >= 15 is 0 Å². The van der Waals surface area contributed by atoms with Crippen LogP contribution in [0, 0.1) is 60.2 Å². The summed E-state index contributed by atoms with van der Waals surface area (Å²) < 4.78 is 0. The largest absolute Gasteiger partial charge is 0.358 e. The van der Waals surface area contributed by atoms with E-state index in [0.29, 0.717) is 0 Å². The Morgan fingerprint density at radius 2 is 1.30 bits per heavy atom. The Kier molecular flexibility index (Phi) is 5.30. The van der Waals surface area contributed by atoms with Crippen LogP contribution in [0.3, 0.4) is 0 Å². The first-order chi connectivity index (χ1) is 4.91. The van der Waals surface area contributed by atoms with Crippen molar-refractivity contribution >= 4 is 0 Å². The molecule has 0 heteroatoms. The zero-order chi connectivity index (χ0) is 7.66. The number of hydrogen-bond acceptors (Lipinski definition) is 0. The van der Waals surface area contributed by atoms with E-state index in [1.807, 2.05) is 5.92 Å². The average Bonchev–Trinajstić information content (AvgIpc) is 1.97. The van der Waals surface area contributed by atoms with Crippen LogP contribution in [0.2, 0.25) is 0 Å². The van der Waals surface area contributed by atoms with Gasteiger partial charge in [0.25, 0.3) is 0 Å². The standard InChI is InChI=1S/C10H/c1-3-5-7-9-10-8-6-4-2/h1H/q-1. The molecule has 42 valence electrons. The second kappa shape index (κ2) is 6.80. The maximum absolute atomic E-state index is 6.36. The van der Waals surface area contributed by atoms with Crippen molar-refractivity contribution in [3.8, 4) is 53.8 Å². The Balaban J connectivity index is 4.01. The number of rotatable bonds is 0. The highest BCUT2D eigenvalue weighted by Gasteiger charge is 1.48. The third-order valence-corrected chi connectivity index (χ3v) is 0.447. The third kappa shape index (κ3) is 5.80. The number of terminal acetylenes is 1. The fraction of sp³-hybridized carbons (Fsp3) is 0. The van der Waals surface area contributed by atoms with Crippen molar-refractivity contribution in [1.82, 2.24) is 0 Å². The van der Waals surface area contributed by atoms with Gasteiger partial charge in [0, 0.05) is 0 Å². The van der Waals surface area contributed by atoms with Gasteiger partial charge < -0.3 is 6.42 Å². The monoisotopic (exact) mass is 121 g/mol. The van der Waals surface area contributed by atoms with Crippen LogP contribution in [0.15, 0.2) is 0 Å². The fourth-order valence-electron chi connectivity index (χ4n) is 0.192. The summed E-state index contributed by atoms with van der Waals surface area (Å²) >= 11 is 0. The summed E-state index contributed by atoms with van der Waals surface area (Å²) in [6.45, 7) is 0. The molecule has 0 heterocycles. The first kappa shape index (κ1) is 7.80. The van der Waals surface area contributed by atoms with E-state index in [4.69, 9.17) is 12.8 Å². The average molecular weight is 121 g/mol. The molecule has 0 aliphatic carbocycles. The molecule has 0 aliphatic rings. The van der Waals surface area contributed by atoms with E-state index in [9.17, 15) is 0 Å². The molecule has 10 heavy (non-hydrogen) atoms. The number of hydrogen-bond donors (Lipinski definition) is 0. The first-order valence-corrected chi connectivity index (χ1v) is 2.29. The van der Waals surface area contributed by atoms with Crippen LogP contribution in [0.1, 0.15) is 0 Å². The lowest BCUT2D eigenvalue weighted by Gasteiger charge is -1.63. The molecule has 0 unspecified atom stereocenters. The molecule has 0 aromatic rings. The van der Waals surface area contributed by atoms with Gasteiger partial charge in [-0.05, 0) is 29.6 Å². The minimum absolute atomic E-state index is 1.86. The normalized spacial score (nSPS) is 3.40. The van der Waals surface area contributed by atoms with E-state index in [0.717, 1.165) is 0 Å². The predicted octanol–water partition coefficient (Wildman–Crippen LogP) is 0.220. The van der Waals surface area contributed by atoms with E-state index in [2.05, 4.69) is 41.4 Å². The van der Waals surface area contributed by atoms with E-state index in [1.165, 1.54) is 0 Å². The molecule has 0 aromatic carbocycles. The molecule has 0 N–H and O–H groups in total. The molecule has 0 nitrogen and oxygen atoms in total. The molecule has 0 fully saturated rings. The molecular formula is C10H-. The van der Waals surface area contributed by atoms with Crippen LogP contribution in [-0.2, 0) is 0 Å². The molecule has 0 aromatic heterocycles. The van der Waals surface area contributed by atoms with Crippen molar-refractivity contribution < 1.29 is 0 Å². The highest BCUT2D eigenvalue weighted by molar-refractivity contribution is 5.41. The second-order valence-electron chi connectivity index (χ2n) is 1.02. The molecule has 0 bridgehead atoms. The zero-order valence-electron chi connectivity index (χ0n) is 5.08. The molecule has 0 spiro atoms. The zero-order valence-corrected chi connectivity index (χ0v) is 5.08. The van der Waals surface area contributed by atoms with Gasteiger partial charge >= 0.3 is 0 Å². The topological polar surface area (TPSA) is 0 Å². The highest BCUT2D eigenvalue weighted by atomic mass is 13.5. The van der Waals surface area contributed by atoms with E-state index in [1.54, 1.807) is 0 Å². The maximum atomic E-state index is 6.36.